The molecule has 1 N–H and O–H groups in total. The van der Waals surface area contributed by atoms with Gasteiger partial charge in [-0.3, -0.25) is 5.32 Å². The highest BCUT2D eigenvalue weighted by atomic mass is 79.9. The van der Waals surface area contributed by atoms with Gasteiger partial charge in [-0.25, -0.2) is 4.79 Å². The van der Waals surface area contributed by atoms with E-state index < -0.39 is 6.09 Å². The molecule has 0 aliphatic rings. The minimum absolute atomic E-state index is 0.189. The molecule has 6 heteroatoms. The van der Waals surface area contributed by atoms with Crippen molar-refractivity contribution in [1.29, 1.82) is 0 Å². The number of amides is 1. The standard InChI is InChI=1S/C20H15BrClNO3/c21-15-6-11-19(26-17-9-7-16(22)8-10-17)18(12-15)23-20(24)25-13-14-4-2-1-3-5-14/h1-12H,13H2,(H,23,24). The van der Waals surface area contributed by atoms with Crippen molar-refractivity contribution >= 4 is 39.3 Å². The van der Waals surface area contributed by atoms with Gasteiger partial charge in [0.2, 0.25) is 0 Å². The molecule has 0 unspecified atom stereocenters. The molecule has 3 aromatic rings. The molecule has 1 amide bonds. The van der Waals surface area contributed by atoms with Gasteiger partial charge in [0.05, 0.1) is 5.69 Å². The number of carbonyl (C=O) groups excluding carboxylic acids is 1. The van der Waals surface area contributed by atoms with Gasteiger partial charge in [-0.05, 0) is 48.0 Å². The van der Waals surface area contributed by atoms with E-state index in [1.165, 1.54) is 0 Å². The molecule has 0 aliphatic carbocycles. The molecular weight excluding hydrogens is 418 g/mol. The fourth-order valence-electron chi connectivity index (χ4n) is 2.19. The molecule has 0 radical (unpaired) electrons. The first-order valence-corrected chi connectivity index (χ1v) is 8.98. The summed E-state index contributed by atoms with van der Waals surface area (Å²) in [6.45, 7) is 0.189. The van der Waals surface area contributed by atoms with Crippen molar-refractivity contribution < 1.29 is 14.3 Å². The quantitative estimate of drug-likeness (QED) is 0.491. The summed E-state index contributed by atoms with van der Waals surface area (Å²) in [6, 6.07) is 21.8. The maximum Gasteiger partial charge on any atom is 0.412 e. The van der Waals surface area contributed by atoms with Crippen LogP contribution in [0.3, 0.4) is 0 Å². The van der Waals surface area contributed by atoms with Gasteiger partial charge in [0.15, 0.2) is 5.75 Å². The molecule has 0 aromatic heterocycles. The summed E-state index contributed by atoms with van der Waals surface area (Å²) < 4.78 is 11.9. The molecule has 0 spiro atoms. The second kappa shape index (κ2) is 8.74. The molecular formula is C20H15BrClNO3. The van der Waals surface area contributed by atoms with Gasteiger partial charge in [0.1, 0.15) is 12.4 Å². The highest BCUT2D eigenvalue weighted by Gasteiger charge is 2.11. The molecule has 0 fully saturated rings. The Morgan fingerprint density at radius 3 is 2.46 bits per heavy atom. The van der Waals surface area contributed by atoms with E-state index in [2.05, 4.69) is 21.2 Å². The minimum Gasteiger partial charge on any atom is -0.455 e. The number of hydrogen-bond donors (Lipinski definition) is 1. The lowest BCUT2D eigenvalue weighted by atomic mass is 10.2. The Hall–Kier alpha value is -2.50. The van der Waals surface area contributed by atoms with Crippen LogP contribution in [0.15, 0.2) is 77.3 Å². The van der Waals surface area contributed by atoms with Crippen molar-refractivity contribution in [2.24, 2.45) is 0 Å². The van der Waals surface area contributed by atoms with Crippen LogP contribution in [0, 0.1) is 0 Å². The normalized spacial score (nSPS) is 10.2. The van der Waals surface area contributed by atoms with Gasteiger partial charge in [-0.2, -0.15) is 0 Å². The van der Waals surface area contributed by atoms with Gasteiger partial charge >= 0.3 is 6.09 Å². The number of halogens is 2. The van der Waals surface area contributed by atoms with E-state index >= 15 is 0 Å². The molecule has 0 atom stereocenters. The fraction of sp³-hybridized carbons (Fsp3) is 0.0500. The van der Waals surface area contributed by atoms with Crippen LogP contribution in [0.5, 0.6) is 11.5 Å². The van der Waals surface area contributed by atoms with Crippen molar-refractivity contribution in [2.75, 3.05) is 5.32 Å². The summed E-state index contributed by atoms with van der Waals surface area (Å²) >= 11 is 9.28. The Kier molecular flexibility index (Phi) is 6.15. The Balaban J connectivity index is 1.69. The maximum absolute atomic E-state index is 12.1. The Labute approximate surface area is 164 Å². The van der Waals surface area contributed by atoms with Crippen LogP contribution in [-0.2, 0) is 11.3 Å². The van der Waals surface area contributed by atoms with Crippen molar-refractivity contribution in [3.8, 4) is 11.5 Å². The third-order valence-corrected chi connectivity index (χ3v) is 4.18. The number of hydrogen-bond acceptors (Lipinski definition) is 3. The van der Waals surface area contributed by atoms with Gasteiger partial charge in [0, 0.05) is 9.50 Å². The predicted molar refractivity (Wildman–Crippen MR) is 106 cm³/mol. The first kappa shape index (κ1) is 18.3. The largest absolute Gasteiger partial charge is 0.455 e. The average Bonchev–Trinajstić information content (AvgIpc) is 2.65. The Morgan fingerprint density at radius 1 is 1.00 bits per heavy atom. The van der Waals surface area contributed by atoms with Crippen LogP contribution in [0.25, 0.3) is 0 Å². The summed E-state index contributed by atoms with van der Waals surface area (Å²) in [5.74, 6) is 1.10. The lowest BCUT2D eigenvalue weighted by Crippen LogP contribution is -2.14. The molecule has 0 saturated carbocycles. The van der Waals surface area contributed by atoms with E-state index in [4.69, 9.17) is 21.1 Å². The molecule has 0 aliphatic heterocycles. The number of ether oxygens (including phenoxy) is 2. The van der Waals surface area contributed by atoms with Gasteiger partial charge in [-0.15, -0.1) is 0 Å². The first-order chi connectivity index (χ1) is 12.6. The third-order valence-electron chi connectivity index (χ3n) is 3.43. The molecule has 0 heterocycles. The fourth-order valence-corrected chi connectivity index (χ4v) is 2.67. The molecule has 4 nitrogen and oxygen atoms in total. The molecule has 132 valence electrons. The van der Waals surface area contributed by atoms with Crippen molar-refractivity contribution in [2.45, 2.75) is 6.61 Å². The molecule has 3 aromatic carbocycles. The summed E-state index contributed by atoms with van der Waals surface area (Å²) in [5.41, 5.74) is 1.40. The van der Waals surface area contributed by atoms with Crippen LogP contribution in [-0.4, -0.2) is 6.09 Å². The zero-order valence-electron chi connectivity index (χ0n) is 13.6. The zero-order chi connectivity index (χ0) is 18.4. The topological polar surface area (TPSA) is 47.6 Å². The highest BCUT2D eigenvalue weighted by Crippen LogP contribution is 2.32. The van der Waals surface area contributed by atoms with Crippen LogP contribution < -0.4 is 10.1 Å². The summed E-state index contributed by atoms with van der Waals surface area (Å²) in [7, 11) is 0. The lowest BCUT2D eigenvalue weighted by Gasteiger charge is -2.13. The van der Waals surface area contributed by atoms with E-state index in [0.717, 1.165) is 10.0 Å². The van der Waals surface area contributed by atoms with Gasteiger partial charge < -0.3 is 9.47 Å². The molecule has 26 heavy (non-hydrogen) atoms. The van der Waals surface area contributed by atoms with Crippen LogP contribution >= 0.6 is 27.5 Å². The van der Waals surface area contributed by atoms with Crippen LogP contribution in [0.4, 0.5) is 10.5 Å². The van der Waals surface area contributed by atoms with E-state index in [0.29, 0.717) is 22.2 Å². The highest BCUT2D eigenvalue weighted by molar-refractivity contribution is 9.10. The van der Waals surface area contributed by atoms with Gasteiger partial charge in [0.25, 0.3) is 0 Å². The molecule has 0 bridgehead atoms. The maximum atomic E-state index is 12.1. The van der Waals surface area contributed by atoms with Gasteiger partial charge in [-0.1, -0.05) is 57.9 Å². The smallest absolute Gasteiger partial charge is 0.412 e. The van der Waals surface area contributed by atoms with Crippen molar-refractivity contribution in [3.63, 3.8) is 0 Å². The number of carbonyl (C=O) groups is 1. The zero-order valence-corrected chi connectivity index (χ0v) is 16.0. The van der Waals surface area contributed by atoms with Crippen molar-refractivity contribution in [1.82, 2.24) is 0 Å². The van der Waals surface area contributed by atoms with Crippen LogP contribution in [0.1, 0.15) is 5.56 Å². The summed E-state index contributed by atoms with van der Waals surface area (Å²) in [6.07, 6.45) is -0.562. The number of anilines is 1. The second-order valence-corrected chi connectivity index (χ2v) is 6.74. The molecule has 0 saturated heterocycles. The van der Waals surface area contributed by atoms with Crippen molar-refractivity contribution in [3.05, 3.63) is 87.9 Å². The third kappa shape index (κ3) is 5.25. The van der Waals surface area contributed by atoms with E-state index in [1.807, 2.05) is 36.4 Å². The number of rotatable bonds is 5. The molecule has 3 rings (SSSR count). The minimum atomic E-state index is -0.562. The van der Waals surface area contributed by atoms with E-state index in [-0.39, 0.29) is 6.61 Å². The predicted octanol–water partition coefficient (Wildman–Crippen LogP) is 6.64. The Bertz CT molecular complexity index is 885. The second-order valence-electron chi connectivity index (χ2n) is 5.38. The van der Waals surface area contributed by atoms with E-state index in [9.17, 15) is 4.79 Å². The first-order valence-electron chi connectivity index (χ1n) is 7.81. The lowest BCUT2D eigenvalue weighted by molar-refractivity contribution is 0.155. The SMILES string of the molecule is O=C(Nc1cc(Br)ccc1Oc1ccc(Cl)cc1)OCc1ccccc1. The average molecular weight is 433 g/mol. The Morgan fingerprint density at radius 2 is 1.73 bits per heavy atom. The number of benzene rings is 3. The summed E-state index contributed by atoms with van der Waals surface area (Å²) in [4.78, 5) is 12.1. The van der Waals surface area contributed by atoms with Crippen LogP contribution in [0.2, 0.25) is 5.02 Å². The number of nitrogens with one attached hydrogen (secondary N) is 1. The monoisotopic (exact) mass is 431 g/mol. The van der Waals surface area contributed by atoms with E-state index in [1.54, 1.807) is 36.4 Å². The summed E-state index contributed by atoms with van der Waals surface area (Å²) in [5, 5.41) is 3.33.